The minimum atomic E-state index is -1.03. The van der Waals surface area contributed by atoms with Gasteiger partial charge in [-0.05, 0) is 69.2 Å². The number of carbonyl (C=O) groups excluding carboxylic acids is 3. The number of aryl methyl sites for hydroxylation is 1. The van der Waals surface area contributed by atoms with Gasteiger partial charge in [0.05, 0.1) is 42.0 Å². The molecule has 210 valence electrons. The van der Waals surface area contributed by atoms with Gasteiger partial charge in [-0.15, -0.1) is 0 Å². The molecule has 0 radical (unpaired) electrons. The molecule has 1 aliphatic heterocycles. The zero-order valence-corrected chi connectivity index (χ0v) is 24.0. The van der Waals surface area contributed by atoms with E-state index < -0.39 is 17.7 Å². The van der Waals surface area contributed by atoms with Crippen molar-refractivity contribution in [3.05, 3.63) is 69.7 Å². The van der Waals surface area contributed by atoms with Crippen LogP contribution < -0.4 is 19.1 Å². The van der Waals surface area contributed by atoms with Crippen LogP contribution in [0.15, 0.2) is 48.0 Å². The van der Waals surface area contributed by atoms with Gasteiger partial charge in [0.25, 0.3) is 5.78 Å². The first-order valence-corrected chi connectivity index (χ1v) is 13.9. The van der Waals surface area contributed by atoms with Gasteiger partial charge in [0.1, 0.15) is 11.5 Å². The molecule has 1 fully saturated rings. The summed E-state index contributed by atoms with van der Waals surface area (Å²) < 4.78 is 17.1. The van der Waals surface area contributed by atoms with Crippen LogP contribution in [-0.2, 0) is 9.59 Å². The Morgan fingerprint density at radius 3 is 2.27 bits per heavy atom. The highest BCUT2D eigenvalue weighted by atomic mass is 32.1. The summed E-state index contributed by atoms with van der Waals surface area (Å²) in [6, 6.07) is 10.8. The Morgan fingerprint density at radius 1 is 1.00 bits per heavy atom. The summed E-state index contributed by atoms with van der Waals surface area (Å²) in [4.78, 5) is 45.3. The van der Waals surface area contributed by atoms with E-state index in [0.717, 1.165) is 17.8 Å². The number of hydrogen-bond donors (Lipinski definition) is 1. The quantitative estimate of drug-likeness (QED) is 0.133. The highest BCUT2D eigenvalue weighted by molar-refractivity contribution is 7.18. The van der Waals surface area contributed by atoms with E-state index in [4.69, 9.17) is 14.2 Å². The summed E-state index contributed by atoms with van der Waals surface area (Å²) in [5.41, 5.74) is 1.21. The number of rotatable bonds is 11. The molecule has 1 aliphatic rings. The second kappa shape index (κ2) is 12.3. The van der Waals surface area contributed by atoms with E-state index in [1.165, 1.54) is 11.8 Å². The number of benzene rings is 2. The van der Waals surface area contributed by atoms with Gasteiger partial charge in [-0.25, -0.2) is 4.98 Å². The lowest BCUT2D eigenvalue weighted by Crippen LogP contribution is -2.29. The maximum Gasteiger partial charge on any atom is 0.301 e. The number of hydrogen-bond acceptors (Lipinski definition) is 9. The number of nitrogens with zero attached hydrogens (tertiary/aromatic N) is 2. The highest BCUT2D eigenvalue weighted by Crippen LogP contribution is 2.45. The molecule has 0 saturated carbocycles. The van der Waals surface area contributed by atoms with E-state index in [0.29, 0.717) is 58.8 Å². The predicted molar refractivity (Wildman–Crippen MR) is 153 cm³/mol. The Labute approximate surface area is 237 Å². The summed E-state index contributed by atoms with van der Waals surface area (Å²) in [5, 5.41) is 11.6. The van der Waals surface area contributed by atoms with Crippen molar-refractivity contribution in [2.45, 2.75) is 47.1 Å². The lowest BCUT2D eigenvalue weighted by atomic mass is 9.95. The van der Waals surface area contributed by atoms with E-state index in [-0.39, 0.29) is 22.2 Å². The van der Waals surface area contributed by atoms with Crippen LogP contribution in [0.4, 0.5) is 5.13 Å². The van der Waals surface area contributed by atoms with Gasteiger partial charge >= 0.3 is 5.91 Å². The largest absolute Gasteiger partial charge is 0.507 e. The van der Waals surface area contributed by atoms with Crippen LogP contribution in [0.25, 0.3) is 5.76 Å². The topological polar surface area (TPSA) is 115 Å². The number of ether oxygens (including phenoxy) is 3. The second-order valence-corrected chi connectivity index (χ2v) is 10.1. The Balaban J connectivity index is 1.91. The van der Waals surface area contributed by atoms with Crippen molar-refractivity contribution in [2.75, 3.05) is 24.7 Å². The molecule has 9 nitrogen and oxygen atoms in total. The highest BCUT2D eigenvalue weighted by Gasteiger charge is 2.48. The molecule has 1 saturated heterocycles. The molecule has 1 amide bonds. The summed E-state index contributed by atoms with van der Waals surface area (Å²) in [6.07, 6.45) is 0.846. The number of thiazole rings is 1. The molecule has 0 aliphatic carbocycles. The summed E-state index contributed by atoms with van der Waals surface area (Å²) in [5.74, 6) is -0.679. The molecule has 4 rings (SSSR count). The number of amides is 1. The van der Waals surface area contributed by atoms with Crippen LogP contribution in [0.2, 0.25) is 0 Å². The van der Waals surface area contributed by atoms with Crippen molar-refractivity contribution in [1.82, 2.24) is 4.98 Å². The van der Waals surface area contributed by atoms with Crippen molar-refractivity contribution in [3.8, 4) is 17.2 Å². The molecule has 40 heavy (non-hydrogen) atoms. The van der Waals surface area contributed by atoms with Crippen LogP contribution in [0, 0.1) is 6.92 Å². The first-order chi connectivity index (χ1) is 19.2. The molecule has 3 aromatic rings. The van der Waals surface area contributed by atoms with Crippen LogP contribution >= 0.6 is 11.3 Å². The monoisotopic (exact) mass is 564 g/mol. The van der Waals surface area contributed by atoms with E-state index in [1.807, 2.05) is 20.8 Å². The molecule has 2 aromatic carbocycles. The van der Waals surface area contributed by atoms with Crippen molar-refractivity contribution in [1.29, 1.82) is 0 Å². The molecule has 1 N–H and O–H groups in total. The van der Waals surface area contributed by atoms with Gasteiger partial charge in [-0.2, -0.15) is 0 Å². The van der Waals surface area contributed by atoms with Gasteiger partial charge in [0.2, 0.25) is 0 Å². The van der Waals surface area contributed by atoms with Crippen molar-refractivity contribution >= 4 is 39.7 Å². The fourth-order valence-electron chi connectivity index (χ4n) is 4.48. The molecule has 1 unspecified atom stereocenters. The third-order valence-electron chi connectivity index (χ3n) is 6.24. The lowest BCUT2D eigenvalue weighted by molar-refractivity contribution is -0.132. The Bertz CT molecular complexity index is 1460. The summed E-state index contributed by atoms with van der Waals surface area (Å²) in [6.45, 7) is 10.1. The SMILES string of the molecule is CCCOc1ccc(C(O)=C2C(=O)C(=O)N(c3nc(C)c(C(C)=O)s3)C2c2ccc(OCC)c(OCC)c2)cc1. The van der Waals surface area contributed by atoms with E-state index >= 15 is 0 Å². The molecule has 0 spiro atoms. The van der Waals surface area contributed by atoms with Crippen molar-refractivity contribution < 1.29 is 33.7 Å². The summed E-state index contributed by atoms with van der Waals surface area (Å²) >= 11 is 1.03. The molecule has 0 bridgehead atoms. The lowest BCUT2D eigenvalue weighted by Gasteiger charge is -2.24. The normalized spacial score (nSPS) is 16.3. The number of anilines is 1. The van der Waals surface area contributed by atoms with Crippen LogP contribution in [-0.4, -0.2) is 47.4 Å². The fourth-order valence-corrected chi connectivity index (χ4v) is 5.47. The van der Waals surface area contributed by atoms with Gasteiger partial charge in [-0.1, -0.05) is 24.3 Å². The average Bonchev–Trinajstić information content (AvgIpc) is 3.45. The molecule has 2 heterocycles. The van der Waals surface area contributed by atoms with Crippen molar-refractivity contribution in [3.63, 3.8) is 0 Å². The number of aliphatic hydroxyl groups is 1. The standard InChI is InChI=1S/C30H32N2O7S/c1-6-15-39-21-12-9-19(10-13-21)26(34)24-25(20-11-14-22(37-7-2)23(16-20)38-8-3)32(29(36)27(24)35)30-31-17(4)28(40-30)18(5)33/h9-14,16,25,34H,6-8,15H2,1-5H3. The molecule has 10 heteroatoms. The van der Waals surface area contributed by atoms with E-state index in [1.54, 1.807) is 49.4 Å². The van der Waals surface area contributed by atoms with Crippen LogP contribution in [0.1, 0.15) is 66.7 Å². The van der Waals surface area contributed by atoms with Crippen LogP contribution in [0.5, 0.6) is 17.2 Å². The molecule has 1 atom stereocenters. The second-order valence-electron chi connectivity index (χ2n) is 9.08. The third-order valence-corrected chi connectivity index (χ3v) is 7.50. The predicted octanol–water partition coefficient (Wildman–Crippen LogP) is 5.87. The fraction of sp³-hybridized carbons (Fsp3) is 0.333. The van der Waals surface area contributed by atoms with E-state index in [9.17, 15) is 19.5 Å². The van der Waals surface area contributed by atoms with Crippen LogP contribution in [0.3, 0.4) is 0 Å². The van der Waals surface area contributed by atoms with Gasteiger partial charge in [0, 0.05) is 12.5 Å². The summed E-state index contributed by atoms with van der Waals surface area (Å²) in [7, 11) is 0. The van der Waals surface area contributed by atoms with Gasteiger partial charge in [-0.3, -0.25) is 19.3 Å². The molecular weight excluding hydrogens is 532 g/mol. The maximum atomic E-state index is 13.5. The average molecular weight is 565 g/mol. The molecular formula is C30H32N2O7S. The minimum absolute atomic E-state index is 0.101. The number of Topliss-reactive ketones (excluding diaryl/α,β-unsaturated/α-hetero) is 2. The van der Waals surface area contributed by atoms with E-state index in [2.05, 4.69) is 4.98 Å². The molecule has 1 aromatic heterocycles. The Kier molecular flexibility index (Phi) is 8.89. The zero-order valence-electron chi connectivity index (χ0n) is 23.1. The number of ketones is 2. The number of aliphatic hydroxyl groups excluding tert-OH is 1. The minimum Gasteiger partial charge on any atom is -0.507 e. The Hall–Kier alpha value is -4.18. The maximum absolute atomic E-state index is 13.5. The smallest absolute Gasteiger partial charge is 0.301 e. The first kappa shape index (κ1) is 28.8. The Morgan fingerprint density at radius 2 is 1.68 bits per heavy atom. The first-order valence-electron chi connectivity index (χ1n) is 13.1. The third kappa shape index (κ3) is 5.58. The number of aromatic nitrogens is 1. The van der Waals surface area contributed by atoms with Crippen molar-refractivity contribution in [2.24, 2.45) is 0 Å². The van der Waals surface area contributed by atoms with Gasteiger partial charge < -0.3 is 19.3 Å². The number of carbonyl (C=O) groups is 3. The van der Waals surface area contributed by atoms with Gasteiger partial charge in [0.15, 0.2) is 22.4 Å². The zero-order chi connectivity index (χ0) is 29.0.